The summed E-state index contributed by atoms with van der Waals surface area (Å²) in [6.45, 7) is 0.290. The maximum atomic E-state index is 13.5. The molecule has 1 amide bonds. The number of anilines is 1. The molecule has 2 aromatic rings. The van der Waals surface area contributed by atoms with E-state index in [2.05, 4.69) is 0 Å². The summed E-state index contributed by atoms with van der Waals surface area (Å²) in [6, 6.07) is 8.21. The monoisotopic (exact) mass is 456 g/mol. The fourth-order valence-electron chi connectivity index (χ4n) is 3.03. The van der Waals surface area contributed by atoms with Crippen LogP contribution in [0.2, 0.25) is 0 Å². The van der Waals surface area contributed by atoms with Crippen LogP contribution < -0.4 is 13.8 Å². The van der Waals surface area contributed by atoms with Crippen molar-refractivity contribution in [1.82, 2.24) is 4.90 Å². The Balaban J connectivity index is 1.99. The van der Waals surface area contributed by atoms with Gasteiger partial charge in [-0.25, -0.2) is 17.2 Å². The van der Waals surface area contributed by atoms with Gasteiger partial charge in [-0.1, -0.05) is 6.07 Å². The minimum atomic E-state index is -3.74. The molecule has 0 saturated heterocycles. The van der Waals surface area contributed by atoms with E-state index in [0.717, 1.165) is 28.3 Å². The van der Waals surface area contributed by atoms with E-state index in [4.69, 9.17) is 9.47 Å². The van der Waals surface area contributed by atoms with Crippen molar-refractivity contribution < 1.29 is 31.5 Å². The molecule has 0 radical (unpaired) electrons. The molecule has 0 aromatic heterocycles. The first-order valence-corrected chi connectivity index (χ1v) is 11.3. The zero-order valence-corrected chi connectivity index (χ0v) is 18.7. The van der Waals surface area contributed by atoms with Crippen molar-refractivity contribution in [3.05, 3.63) is 53.6 Å². The van der Waals surface area contributed by atoms with Gasteiger partial charge in [0.2, 0.25) is 15.9 Å². The number of amides is 1. The number of ether oxygens (including phenoxy) is 2. The van der Waals surface area contributed by atoms with Crippen LogP contribution in [0.4, 0.5) is 14.5 Å². The zero-order chi connectivity index (χ0) is 23.2. The lowest BCUT2D eigenvalue weighted by molar-refractivity contribution is -0.130. The van der Waals surface area contributed by atoms with E-state index in [1.165, 1.54) is 25.2 Å². The average Bonchev–Trinajstić information content (AvgIpc) is 2.72. The van der Waals surface area contributed by atoms with Gasteiger partial charge in [-0.15, -0.1) is 0 Å². The molecule has 7 nitrogen and oxygen atoms in total. The largest absolute Gasteiger partial charge is 0.493 e. The Morgan fingerprint density at radius 2 is 1.68 bits per heavy atom. The molecule has 0 fully saturated rings. The highest BCUT2D eigenvalue weighted by atomic mass is 32.2. The Hall–Kier alpha value is -2.88. The number of rotatable bonds is 10. The van der Waals surface area contributed by atoms with Gasteiger partial charge in [-0.3, -0.25) is 9.10 Å². The highest BCUT2D eigenvalue weighted by Gasteiger charge is 2.20. The van der Waals surface area contributed by atoms with Crippen LogP contribution in [0.5, 0.6) is 11.5 Å². The number of sulfonamides is 1. The van der Waals surface area contributed by atoms with E-state index in [-0.39, 0.29) is 31.0 Å². The molecular formula is C21H26F2N2O5S. The highest BCUT2D eigenvalue weighted by molar-refractivity contribution is 7.92. The molecule has 0 aliphatic carbocycles. The number of benzene rings is 2. The molecule has 0 heterocycles. The molecule has 31 heavy (non-hydrogen) atoms. The highest BCUT2D eigenvalue weighted by Crippen LogP contribution is 2.28. The third-order valence-corrected chi connectivity index (χ3v) is 5.83. The molecule has 0 N–H and O–H groups in total. The molecule has 2 aromatic carbocycles. The van der Waals surface area contributed by atoms with Gasteiger partial charge in [0.05, 0.1) is 26.2 Å². The van der Waals surface area contributed by atoms with Gasteiger partial charge in [-0.05, 0) is 36.2 Å². The van der Waals surface area contributed by atoms with Crippen LogP contribution >= 0.6 is 0 Å². The first-order valence-electron chi connectivity index (χ1n) is 9.44. The second-order valence-electron chi connectivity index (χ2n) is 6.98. The fraction of sp³-hybridized carbons (Fsp3) is 0.381. The molecule has 0 bridgehead atoms. The van der Waals surface area contributed by atoms with Crippen molar-refractivity contribution in [3.8, 4) is 11.5 Å². The molecule has 0 saturated carbocycles. The summed E-state index contributed by atoms with van der Waals surface area (Å²) in [5, 5.41) is 0. The Morgan fingerprint density at radius 3 is 2.26 bits per heavy atom. The third kappa shape index (κ3) is 6.55. The lowest BCUT2D eigenvalue weighted by Crippen LogP contribution is -2.32. The van der Waals surface area contributed by atoms with Crippen molar-refractivity contribution in [1.29, 1.82) is 0 Å². The molecule has 170 valence electrons. The van der Waals surface area contributed by atoms with Gasteiger partial charge in [-0.2, -0.15) is 0 Å². The molecule has 0 atom stereocenters. The number of nitrogens with zero attached hydrogens (tertiary/aromatic N) is 2. The molecule has 0 aliphatic rings. The Kier molecular flexibility index (Phi) is 8.21. The standard InChI is InChI=1S/C21H26F2N2O5S/c1-24(14-15-7-10-19(29-2)20(12-15)30-3)21(26)6-5-11-25(31(4,27)28)16-8-9-17(22)18(23)13-16/h7-10,12-13H,5-6,11,14H2,1-4H3. The molecule has 0 spiro atoms. The molecule has 10 heteroatoms. The normalized spacial score (nSPS) is 11.2. The van der Waals surface area contributed by atoms with Crippen LogP contribution in [0.15, 0.2) is 36.4 Å². The van der Waals surface area contributed by atoms with E-state index in [1.807, 2.05) is 6.07 Å². The van der Waals surface area contributed by atoms with Gasteiger partial charge in [0, 0.05) is 32.6 Å². The van der Waals surface area contributed by atoms with Crippen molar-refractivity contribution >= 4 is 21.6 Å². The van der Waals surface area contributed by atoms with Crippen LogP contribution in [0.25, 0.3) is 0 Å². The minimum Gasteiger partial charge on any atom is -0.493 e. The van der Waals surface area contributed by atoms with Gasteiger partial charge in [0.1, 0.15) is 0 Å². The van der Waals surface area contributed by atoms with E-state index in [0.29, 0.717) is 18.0 Å². The summed E-state index contributed by atoms with van der Waals surface area (Å²) in [5.41, 5.74) is 0.848. The number of hydrogen-bond donors (Lipinski definition) is 0. The Bertz CT molecular complexity index is 1030. The van der Waals surface area contributed by atoms with Crippen LogP contribution in [0.3, 0.4) is 0 Å². The second kappa shape index (κ2) is 10.4. The predicted octanol–water partition coefficient (Wildman–Crippen LogP) is 3.19. The molecule has 0 aliphatic heterocycles. The average molecular weight is 457 g/mol. The smallest absolute Gasteiger partial charge is 0.232 e. The van der Waals surface area contributed by atoms with E-state index < -0.39 is 21.7 Å². The number of methoxy groups -OCH3 is 2. The lowest BCUT2D eigenvalue weighted by Gasteiger charge is -2.23. The number of carbonyl (C=O) groups is 1. The Labute approximate surface area is 181 Å². The van der Waals surface area contributed by atoms with Crippen LogP contribution in [0, 0.1) is 11.6 Å². The van der Waals surface area contributed by atoms with Crippen LogP contribution in [0.1, 0.15) is 18.4 Å². The number of halogens is 2. The lowest BCUT2D eigenvalue weighted by atomic mass is 10.1. The fourth-order valence-corrected chi connectivity index (χ4v) is 3.99. The molecular weight excluding hydrogens is 430 g/mol. The summed E-state index contributed by atoms with van der Waals surface area (Å²) in [4.78, 5) is 14.0. The quantitative estimate of drug-likeness (QED) is 0.549. The summed E-state index contributed by atoms with van der Waals surface area (Å²) in [6.07, 6.45) is 1.26. The number of hydrogen-bond acceptors (Lipinski definition) is 5. The van der Waals surface area contributed by atoms with Crippen molar-refractivity contribution in [2.75, 3.05) is 38.4 Å². The van der Waals surface area contributed by atoms with Crippen LogP contribution in [-0.2, 0) is 21.4 Å². The van der Waals surface area contributed by atoms with Gasteiger partial charge >= 0.3 is 0 Å². The van der Waals surface area contributed by atoms with Gasteiger partial charge in [0.25, 0.3) is 0 Å². The first kappa shape index (κ1) is 24.4. The summed E-state index contributed by atoms with van der Waals surface area (Å²) in [5.74, 6) is -1.26. The summed E-state index contributed by atoms with van der Waals surface area (Å²) >= 11 is 0. The maximum Gasteiger partial charge on any atom is 0.232 e. The molecule has 2 rings (SSSR count). The van der Waals surface area contributed by atoms with Crippen LogP contribution in [-0.4, -0.2) is 53.3 Å². The van der Waals surface area contributed by atoms with E-state index >= 15 is 0 Å². The number of carbonyl (C=O) groups excluding carboxylic acids is 1. The zero-order valence-electron chi connectivity index (χ0n) is 17.9. The SMILES string of the molecule is COc1ccc(CN(C)C(=O)CCCN(c2ccc(F)c(F)c2)S(C)(=O)=O)cc1OC. The third-order valence-electron chi connectivity index (χ3n) is 4.64. The van der Waals surface area contributed by atoms with Gasteiger partial charge < -0.3 is 14.4 Å². The minimum absolute atomic E-state index is 0.00697. The molecule has 0 unspecified atom stereocenters. The second-order valence-corrected chi connectivity index (χ2v) is 8.88. The summed E-state index contributed by atoms with van der Waals surface area (Å²) in [7, 11) is 0.966. The van der Waals surface area contributed by atoms with E-state index in [9.17, 15) is 22.0 Å². The topological polar surface area (TPSA) is 76.2 Å². The predicted molar refractivity (Wildman–Crippen MR) is 114 cm³/mol. The maximum absolute atomic E-state index is 13.5. The Morgan fingerprint density at radius 1 is 1.00 bits per heavy atom. The van der Waals surface area contributed by atoms with Gasteiger partial charge in [0.15, 0.2) is 23.1 Å². The van der Waals surface area contributed by atoms with Crippen molar-refractivity contribution in [2.24, 2.45) is 0 Å². The van der Waals surface area contributed by atoms with E-state index in [1.54, 1.807) is 19.2 Å². The van der Waals surface area contributed by atoms with Crippen molar-refractivity contribution in [2.45, 2.75) is 19.4 Å². The summed E-state index contributed by atoms with van der Waals surface area (Å²) < 4.78 is 62.3. The first-order chi connectivity index (χ1) is 14.6. The van der Waals surface area contributed by atoms with Crippen molar-refractivity contribution in [3.63, 3.8) is 0 Å².